The molecule has 1 heterocycles. The molecule has 2 aromatic carbocycles. The van der Waals surface area contributed by atoms with Gasteiger partial charge in [-0.1, -0.05) is 54.6 Å². The van der Waals surface area contributed by atoms with Crippen molar-refractivity contribution in [3.8, 4) is 11.1 Å². The standard InChI is InChI=1S/C25H31NO4S/c27-16-4-7-23-24(26-14-17-31(28,29)18-15-26)12-13-25(23)30-19-20-8-10-22(11-9-20)21-5-2-1-3-6-21/h1-3,5-6,8-11,16,23-25H,4,7,12-15,17-19H2/t23-,24+,25+/m0/s1. The van der Waals surface area contributed by atoms with E-state index in [0.717, 1.165) is 31.1 Å². The van der Waals surface area contributed by atoms with Gasteiger partial charge in [0.1, 0.15) is 6.29 Å². The van der Waals surface area contributed by atoms with Gasteiger partial charge in [0, 0.05) is 31.5 Å². The molecule has 4 rings (SSSR count). The second-order valence-electron chi connectivity index (χ2n) is 8.65. The van der Waals surface area contributed by atoms with E-state index in [2.05, 4.69) is 41.3 Å². The minimum atomic E-state index is -2.89. The van der Waals surface area contributed by atoms with Gasteiger partial charge in [-0.3, -0.25) is 4.90 Å². The smallest absolute Gasteiger partial charge is 0.152 e. The Morgan fingerprint density at radius 1 is 0.935 bits per heavy atom. The second kappa shape index (κ2) is 10.1. The first-order valence-electron chi connectivity index (χ1n) is 11.2. The van der Waals surface area contributed by atoms with Gasteiger partial charge in [0.05, 0.1) is 24.2 Å². The Morgan fingerprint density at radius 3 is 2.29 bits per heavy atom. The Hall–Kier alpha value is -2.02. The number of hydrogen-bond donors (Lipinski definition) is 0. The highest BCUT2D eigenvalue weighted by molar-refractivity contribution is 7.91. The molecule has 0 amide bonds. The van der Waals surface area contributed by atoms with Crippen LogP contribution < -0.4 is 0 Å². The largest absolute Gasteiger partial charge is 0.373 e. The van der Waals surface area contributed by atoms with Crippen molar-refractivity contribution in [3.05, 3.63) is 60.2 Å². The molecular formula is C25H31NO4S. The fraction of sp³-hybridized carbons (Fsp3) is 0.480. The molecule has 5 nitrogen and oxygen atoms in total. The molecule has 1 aliphatic carbocycles. The minimum Gasteiger partial charge on any atom is -0.373 e. The minimum absolute atomic E-state index is 0.109. The number of nitrogens with zero attached hydrogens (tertiary/aromatic N) is 1. The topological polar surface area (TPSA) is 63.7 Å². The molecule has 0 spiro atoms. The molecule has 0 radical (unpaired) electrons. The Labute approximate surface area is 185 Å². The molecule has 166 valence electrons. The number of carbonyl (C=O) groups excluding carboxylic acids is 1. The molecular weight excluding hydrogens is 410 g/mol. The summed E-state index contributed by atoms with van der Waals surface area (Å²) in [5.74, 6) is 0.751. The highest BCUT2D eigenvalue weighted by Gasteiger charge is 2.41. The molecule has 2 aromatic rings. The zero-order chi connectivity index (χ0) is 21.7. The van der Waals surface area contributed by atoms with Gasteiger partial charge in [0.2, 0.25) is 0 Å². The first-order valence-corrected chi connectivity index (χ1v) is 13.0. The zero-order valence-electron chi connectivity index (χ0n) is 17.9. The van der Waals surface area contributed by atoms with Crippen LogP contribution in [0, 0.1) is 5.92 Å². The number of rotatable bonds is 8. The maximum atomic E-state index is 11.8. The third-order valence-electron chi connectivity index (χ3n) is 6.71. The average Bonchev–Trinajstić information content (AvgIpc) is 3.20. The summed E-state index contributed by atoms with van der Waals surface area (Å²) in [5.41, 5.74) is 3.53. The van der Waals surface area contributed by atoms with Gasteiger partial charge in [-0.2, -0.15) is 0 Å². The van der Waals surface area contributed by atoms with Crippen molar-refractivity contribution in [1.82, 2.24) is 4.90 Å². The normalized spacial score (nSPS) is 26.0. The van der Waals surface area contributed by atoms with Crippen LogP contribution in [0.4, 0.5) is 0 Å². The van der Waals surface area contributed by atoms with Gasteiger partial charge >= 0.3 is 0 Å². The maximum absolute atomic E-state index is 11.8. The molecule has 0 aromatic heterocycles. The van der Waals surface area contributed by atoms with E-state index in [1.807, 2.05) is 18.2 Å². The summed E-state index contributed by atoms with van der Waals surface area (Å²) >= 11 is 0. The van der Waals surface area contributed by atoms with E-state index in [1.165, 1.54) is 11.1 Å². The molecule has 1 aliphatic heterocycles. The quantitative estimate of drug-likeness (QED) is 0.584. The van der Waals surface area contributed by atoms with Crippen molar-refractivity contribution in [3.63, 3.8) is 0 Å². The van der Waals surface area contributed by atoms with Gasteiger partial charge in [-0.15, -0.1) is 0 Å². The lowest BCUT2D eigenvalue weighted by molar-refractivity contribution is -0.108. The molecule has 1 saturated carbocycles. The molecule has 2 aliphatic rings. The lowest BCUT2D eigenvalue weighted by Gasteiger charge is -2.36. The fourth-order valence-corrected chi connectivity index (χ4v) is 6.22. The highest BCUT2D eigenvalue weighted by atomic mass is 32.2. The lowest BCUT2D eigenvalue weighted by Crippen LogP contribution is -2.48. The predicted octanol–water partition coefficient (Wildman–Crippen LogP) is 3.73. The van der Waals surface area contributed by atoms with Crippen LogP contribution in [0.5, 0.6) is 0 Å². The van der Waals surface area contributed by atoms with Crippen molar-refractivity contribution in [2.45, 2.75) is 44.4 Å². The molecule has 2 fully saturated rings. The highest BCUT2D eigenvalue weighted by Crippen LogP contribution is 2.36. The van der Waals surface area contributed by atoms with Gasteiger partial charge in [0.25, 0.3) is 0 Å². The molecule has 31 heavy (non-hydrogen) atoms. The second-order valence-corrected chi connectivity index (χ2v) is 11.0. The van der Waals surface area contributed by atoms with E-state index in [4.69, 9.17) is 4.74 Å². The number of hydrogen-bond acceptors (Lipinski definition) is 5. The number of aldehydes is 1. The third-order valence-corrected chi connectivity index (χ3v) is 8.32. The first kappa shape index (κ1) is 22.2. The summed E-state index contributed by atoms with van der Waals surface area (Å²) in [5, 5.41) is 0. The molecule has 3 atom stereocenters. The van der Waals surface area contributed by atoms with Crippen molar-refractivity contribution in [1.29, 1.82) is 0 Å². The van der Waals surface area contributed by atoms with E-state index >= 15 is 0 Å². The fourth-order valence-electron chi connectivity index (χ4n) is 5.00. The van der Waals surface area contributed by atoms with Crippen LogP contribution in [0.15, 0.2) is 54.6 Å². The summed E-state index contributed by atoms with van der Waals surface area (Å²) in [6.07, 6.45) is 4.38. The van der Waals surface area contributed by atoms with E-state index in [1.54, 1.807) is 0 Å². The van der Waals surface area contributed by atoms with E-state index in [0.29, 0.717) is 32.2 Å². The van der Waals surface area contributed by atoms with Crippen molar-refractivity contribution < 1.29 is 17.9 Å². The van der Waals surface area contributed by atoms with E-state index in [-0.39, 0.29) is 23.5 Å². The zero-order valence-corrected chi connectivity index (χ0v) is 18.7. The van der Waals surface area contributed by atoms with Crippen LogP contribution in [-0.4, -0.2) is 56.3 Å². The SMILES string of the molecule is O=CCC[C@H]1[C@H](N2CCS(=O)(=O)CC2)CC[C@H]1OCc1ccc(-c2ccccc2)cc1. The summed E-state index contributed by atoms with van der Waals surface area (Å²) in [4.78, 5) is 13.3. The molecule has 1 saturated heterocycles. The first-order chi connectivity index (χ1) is 15.1. The van der Waals surface area contributed by atoms with Crippen LogP contribution in [0.25, 0.3) is 11.1 Å². The Kier molecular flexibility index (Phi) is 7.20. The summed E-state index contributed by atoms with van der Waals surface area (Å²) in [6, 6.07) is 19.1. The average molecular weight is 442 g/mol. The summed E-state index contributed by atoms with van der Waals surface area (Å²) in [6.45, 7) is 1.74. The third kappa shape index (κ3) is 5.62. The van der Waals surface area contributed by atoms with Gasteiger partial charge in [0.15, 0.2) is 9.84 Å². The number of carbonyl (C=O) groups is 1. The van der Waals surface area contributed by atoms with Crippen molar-refractivity contribution in [2.24, 2.45) is 5.92 Å². The number of benzene rings is 2. The Balaban J connectivity index is 1.37. The predicted molar refractivity (Wildman–Crippen MR) is 122 cm³/mol. The van der Waals surface area contributed by atoms with Gasteiger partial charge < -0.3 is 9.53 Å². The molecule has 0 unspecified atom stereocenters. The van der Waals surface area contributed by atoms with Gasteiger partial charge in [-0.25, -0.2) is 8.42 Å². The Morgan fingerprint density at radius 2 is 1.61 bits per heavy atom. The molecule has 0 bridgehead atoms. The van der Waals surface area contributed by atoms with Crippen LogP contribution >= 0.6 is 0 Å². The van der Waals surface area contributed by atoms with Crippen molar-refractivity contribution >= 4 is 16.1 Å². The maximum Gasteiger partial charge on any atom is 0.152 e. The van der Waals surface area contributed by atoms with Crippen molar-refractivity contribution in [2.75, 3.05) is 24.6 Å². The van der Waals surface area contributed by atoms with E-state index in [9.17, 15) is 13.2 Å². The molecule has 6 heteroatoms. The monoisotopic (exact) mass is 441 g/mol. The van der Waals surface area contributed by atoms with Crippen LogP contribution in [0.1, 0.15) is 31.2 Å². The summed E-state index contributed by atoms with van der Waals surface area (Å²) < 4.78 is 30.0. The van der Waals surface area contributed by atoms with Crippen LogP contribution in [0.2, 0.25) is 0 Å². The van der Waals surface area contributed by atoms with E-state index < -0.39 is 9.84 Å². The molecule has 0 N–H and O–H groups in total. The lowest BCUT2D eigenvalue weighted by atomic mass is 9.94. The Bertz CT molecular complexity index is 945. The van der Waals surface area contributed by atoms with Crippen LogP contribution in [-0.2, 0) is 26.0 Å². The number of ether oxygens (including phenoxy) is 1. The van der Waals surface area contributed by atoms with Gasteiger partial charge in [-0.05, 0) is 36.0 Å². The van der Waals surface area contributed by atoms with Crippen LogP contribution in [0.3, 0.4) is 0 Å². The number of sulfone groups is 1. The summed E-state index contributed by atoms with van der Waals surface area (Å²) in [7, 11) is -2.89.